The average molecular weight is 1190 g/mol. The molecule has 3 heterocycles. The molecule has 0 saturated heterocycles. The number of aryl methyl sites for hydroxylation is 3. The van der Waals surface area contributed by atoms with E-state index in [4.69, 9.17) is 10.6 Å². The fourth-order valence-corrected chi connectivity index (χ4v) is 14.5. The standard InChI is InChI=1S/C74H64N8O8/c1-38-27-48-32-65(71(88)89)78-62(48)33-52(38)67(84)79-72(23-24-72)55-16-9-13-42-28-44(19-21-50(42)55)59-37-74(59,81-68(85)53-34-60-46(25-39(53)2)30-63(76-60)66(75)83)57-18-10-14-43-29-45(20-22-51(43)57)58-36-73(58,56-17-8-12-41-11-6-7-15-49(41)56)80-69(86)54-35-61-47(26-40(54)3)31-64(77-61)70(87)82(4)90-5/h6-22,25-35,58-59,71,76-78,88-89H,23-24,36-37H2,1-5H3,(H2,75,83)(H,79,84)(H,80,86)(H,81,85). The van der Waals surface area contributed by atoms with E-state index in [1.807, 2.05) is 69.3 Å². The zero-order valence-corrected chi connectivity index (χ0v) is 50.1. The SMILES string of the molecule is CON(C)C(=O)c1cc2cc(C)c(C(=O)NC3(c4cccc5ccccc45)CC3c3ccc4c(C5(NC(=O)c6cc7[nH]c(C(N)=O)cc7cc6C)CC5c5ccc6c(C7(NC(=O)c8cc9[nH]c(C(O)O)cc9cc8C)CC7)cccc6c5)cccc4c3)cc2[nH]1. The normalized spacial score (nSPS) is 19.0. The van der Waals surface area contributed by atoms with E-state index < -0.39 is 28.8 Å². The molecule has 0 radical (unpaired) electrons. The summed E-state index contributed by atoms with van der Waals surface area (Å²) in [6.07, 6.45) is 1.08. The summed E-state index contributed by atoms with van der Waals surface area (Å²) in [5.74, 6) is -1.92. The molecule has 448 valence electrons. The van der Waals surface area contributed by atoms with Crippen molar-refractivity contribution in [3.8, 4) is 0 Å². The fourth-order valence-electron chi connectivity index (χ4n) is 14.5. The number of aromatic nitrogens is 3. The number of aliphatic hydroxyl groups is 2. The topological polar surface area (TPSA) is 248 Å². The third kappa shape index (κ3) is 9.19. The summed E-state index contributed by atoms with van der Waals surface area (Å²) in [4.78, 5) is 84.1. The molecule has 3 aliphatic carbocycles. The largest absolute Gasteiger partial charge is 0.364 e. The van der Waals surface area contributed by atoms with Gasteiger partial charge in [0.25, 0.3) is 29.5 Å². The number of carbonyl (C=O) groups excluding carboxylic acids is 5. The van der Waals surface area contributed by atoms with Gasteiger partial charge in [-0.25, -0.2) is 5.06 Å². The average Bonchev–Trinajstić information content (AvgIpc) is 1.55. The molecule has 0 spiro atoms. The van der Waals surface area contributed by atoms with Gasteiger partial charge in [0.15, 0.2) is 6.29 Å². The predicted molar refractivity (Wildman–Crippen MR) is 347 cm³/mol. The lowest BCUT2D eigenvalue weighted by atomic mass is 9.89. The second kappa shape index (κ2) is 20.6. The van der Waals surface area contributed by atoms with Gasteiger partial charge in [0, 0.05) is 68.3 Å². The van der Waals surface area contributed by atoms with Crippen LogP contribution in [0.15, 0.2) is 170 Å². The van der Waals surface area contributed by atoms with Crippen molar-refractivity contribution in [2.45, 2.75) is 81.2 Å². The number of primary amides is 1. The lowest BCUT2D eigenvalue weighted by Gasteiger charge is -2.25. The minimum Gasteiger partial charge on any atom is -0.364 e. The zero-order valence-electron chi connectivity index (χ0n) is 50.1. The maximum atomic E-state index is 15.1. The number of fused-ring (bicyclic) bond motifs is 6. The van der Waals surface area contributed by atoms with E-state index in [-0.39, 0.29) is 46.9 Å². The molecular formula is C74H64N8O8. The number of nitrogens with zero attached hydrogens (tertiary/aromatic N) is 1. The summed E-state index contributed by atoms with van der Waals surface area (Å²) in [6.45, 7) is 5.68. The van der Waals surface area contributed by atoms with Crippen molar-refractivity contribution < 1.29 is 39.0 Å². The molecular weight excluding hydrogens is 1130 g/mol. The second-order valence-electron chi connectivity index (χ2n) is 25.1. The first-order valence-electron chi connectivity index (χ1n) is 30.2. The number of nitrogens with one attached hydrogen (secondary N) is 6. The Balaban J connectivity index is 0.782. The maximum absolute atomic E-state index is 15.1. The van der Waals surface area contributed by atoms with Crippen LogP contribution in [0.4, 0.5) is 0 Å². The number of nitrogens with two attached hydrogens (primary N) is 1. The maximum Gasteiger partial charge on any atom is 0.293 e. The third-order valence-corrected chi connectivity index (χ3v) is 19.6. The Labute approximate surface area is 516 Å². The Hall–Kier alpha value is -10.4. The van der Waals surface area contributed by atoms with Crippen LogP contribution in [0, 0.1) is 20.8 Å². The Kier molecular flexibility index (Phi) is 12.8. The van der Waals surface area contributed by atoms with E-state index in [9.17, 15) is 29.4 Å². The van der Waals surface area contributed by atoms with Crippen LogP contribution in [0.3, 0.4) is 0 Å². The Bertz CT molecular complexity index is 5080. The van der Waals surface area contributed by atoms with E-state index >= 15 is 4.79 Å². The van der Waals surface area contributed by atoms with Gasteiger partial charge in [0.2, 0.25) is 0 Å². The highest BCUT2D eigenvalue weighted by Gasteiger charge is 2.60. The molecule has 4 atom stereocenters. The molecule has 3 saturated carbocycles. The van der Waals surface area contributed by atoms with E-state index in [1.165, 1.54) is 7.11 Å². The van der Waals surface area contributed by atoms with Gasteiger partial charge in [-0.3, -0.25) is 28.8 Å². The van der Waals surface area contributed by atoms with Crippen LogP contribution in [0.1, 0.15) is 146 Å². The third-order valence-electron chi connectivity index (χ3n) is 19.6. The van der Waals surface area contributed by atoms with Crippen molar-refractivity contribution in [1.82, 2.24) is 36.0 Å². The first-order valence-corrected chi connectivity index (χ1v) is 30.2. The van der Waals surface area contributed by atoms with Crippen LogP contribution < -0.4 is 21.7 Å². The van der Waals surface area contributed by atoms with Gasteiger partial charge in [-0.05, 0) is 178 Å². The molecule has 4 unspecified atom stereocenters. The minimum atomic E-state index is -1.66. The number of H-pyrrole nitrogens is 3. The van der Waals surface area contributed by atoms with Gasteiger partial charge in [-0.1, -0.05) is 115 Å². The molecule has 0 aliphatic heterocycles. The van der Waals surface area contributed by atoms with Gasteiger partial charge in [0.1, 0.15) is 11.4 Å². The number of amides is 5. The molecule has 3 fully saturated rings. The van der Waals surface area contributed by atoms with E-state index in [0.717, 1.165) is 111 Å². The van der Waals surface area contributed by atoms with Crippen LogP contribution in [0.5, 0.6) is 0 Å². The Morgan fingerprint density at radius 1 is 0.511 bits per heavy atom. The summed E-state index contributed by atoms with van der Waals surface area (Å²) >= 11 is 0. The number of aliphatic hydroxyl groups excluding tert-OH is 1. The molecule has 16 nitrogen and oxygen atoms in total. The molecule has 16 heteroatoms. The molecule has 5 amide bonds. The second-order valence-corrected chi connectivity index (χ2v) is 25.1. The molecule has 15 rings (SSSR count). The van der Waals surface area contributed by atoms with Gasteiger partial charge in [-0.2, -0.15) is 0 Å². The van der Waals surface area contributed by atoms with Gasteiger partial charge in [-0.15, -0.1) is 0 Å². The monoisotopic (exact) mass is 1190 g/mol. The van der Waals surface area contributed by atoms with Gasteiger partial charge >= 0.3 is 0 Å². The number of hydroxylamine groups is 2. The van der Waals surface area contributed by atoms with Crippen LogP contribution >= 0.6 is 0 Å². The molecule has 12 aromatic rings. The van der Waals surface area contributed by atoms with E-state index in [0.29, 0.717) is 51.8 Å². The molecule has 3 aromatic heterocycles. The number of aromatic amines is 3. The quantitative estimate of drug-likeness (QED) is 0.0352. The summed E-state index contributed by atoms with van der Waals surface area (Å²) in [5.41, 5.74) is 15.0. The molecule has 10 N–H and O–H groups in total. The number of hydrogen-bond donors (Lipinski definition) is 9. The summed E-state index contributed by atoms with van der Waals surface area (Å²) in [5, 5.41) is 39.8. The summed E-state index contributed by atoms with van der Waals surface area (Å²) < 4.78 is 0. The highest BCUT2D eigenvalue weighted by Crippen LogP contribution is 2.63. The fraction of sp³-hybridized carbons (Fsp3) is 0.203. The predicted octanol–water partition coefficient (Wildman–Crippen LogP) is 12.3. The van der Waals surface area contributed by atoms with Crippen LogP contribution in [0.25, 0.3) is 65.0 Å². The number of rotatable bonds is 15. The van der Waals surface area contributed by atoms with Crippen molar-refractivity contribution in [1.29, 1.82) is 0 Å². The van der Waals surface area contributed by atoms with E-state index in [1.54, 1.807) is 37.4 Å². The van der Waals surface area contributed by atoms with Gasteiger partial charge in [0.05, 0.1) is 29.4 Å². The van der Waals surface area contributed by atoms with Crippen LogP contribution in [-0.2, 0) is 21.5 Å². The van der Waals surface area contributed by atoms with Crippen molar-refractivity contribution in [2.75, 3.05) is 14.2 Å². The highest BCUT2D eigenvalue weighted by atomic mass is 16.7. The molecule has 9 aromatic carbocycles. The smallest absolute Gasteiger partial charge is 0.293 e. The number of carbonyl (C=O) groups is 5. The van der Waals surface area contributed by atoms with Crippen LogP contribution in [0.2, 0.25) is 0 Å². The minimum absolute atomic E-state index is 0.118. The van der Waals surface area contributed by atoms with Gasteiger partial charge < -0.3 is 46.8 Å². The Morgan fingerprint density at radius 3 is 1.48 bits per heavy atom. The molecule has 90 heavy (non-hydrogen) atoms. The zero-order chi connectivity index (χ0) is 62.3. The van der Waals surface area contributed by atoms with Crippen LogP contribution in [-0.4, -0.2) is 73.9 Å². The summed E-state index contributed by atoms with van der Waals surface area (Å²) in [7, 11) is 2.97. The Morgan fingerprint density at radius 2 is 0.956 bits per heavy atom. The first kappa shape index (κ1) is 56.1. The summed E-state index contributed by atoms with van der Waals surface area (Å²) in [6, 6.07) is 56.2. The van der Waals surface area contributed by atoms with Crippen molar-refractivity contribution in [2.24, 2.45) is 5.73 Å². The molecule has 0 bridgehead atoms. The lowest BCUT2D eigenvalue weighted by molar-refractivity contribution is -0.0759. The number of hydrogen-bond acceptors (Lipinski definition) is 8. The van der Waals surface area contributed by atoms with Crippen molar-refractivity contribution >= 4 is 94.6 Å². The van der Waals surface area contributed by atoms with E-state index in [2.05, 4.69) is 122 Å². The first-order chi connectivity index (χ1) is 43.3. The number of benzene rings is 9. The molecule has 3 aliphatic rings. The van der Waals surface area contributed by atoms with Crippen molar-refractivity contribution in [3.63, 3.8) is 0 Å². The lowest BCUT2D eigenvalue weighted by Crippen LogP contribution is -2.37. The highest BCUT2D eigenvalue weighted by molar-refractivity contribution is 6.06. The van der Waals surface area contributed by atoms with Crippen molar-refractivity contribution in [3.05, 3.63) is 248 Å².